The van der Waals surface area contributed by atoms with Gasteiger partial charge >= 0.3 is 0 Å². The molecule has 1 rings (SSSR count). The molecule has 0 bridgehead atoms. The van der Waals surface area contributed by atoms with Crippen LogP contribution in [0.25, 0.3) is 0 Å². The van der Waals surface area contributed by atoms with Gasteiger partial charge in [0, 0.05) is 6.04 Å². The second-order valence-electron chi connectivity index (χ2n) is 4.39. The van der Waals surface area contributed by atoms with Crippen LogP contribution in [0, 0.1) is 17.1 Å². The van der Waals surface area contributed by atoms with Crippen LogP contribution in [0.1, 0.15) is 38.7 Å². The minimum absolute atomic E-state index is 0.250. The van der Waals surface area contributed by atoms with Gasteiger partial charge in [-0.2, -0.15) is 5.26 Å². The molecule has 1 atom stereocenters. The number of unbranched alkanes of at least 4 members (excludes halogenated alkanes) is 1. The summed E-state index contributed by atoms with van der Waals surface area (Å²) in [7, 11) is -3.87. The molecule has 0 heterocycles. The molecule has 0 spiro atoms. The minimum atomic E-state index is -3.87. The zero-order chi connectivity index (χ0) is 14.5. The van der Waals surface area contributed by atoms with Crippen molar-refractivity contribution in [3.63, 3.8) is 0 Å². The molecule has 0 saturated carbocycles. The Morgan fingerprint density at radius 1 is 1.47 bits per heavy atom. The van der Waals surface area contributed by atoms with E-state index in [1.165, 1.54) is 12.1 Å². The van der Waals surface area contributed by atoms with Gasteiger partial charge in [0.25, 0.3) is 0 Å². The zero-order valence-electron chi connectivity index (χ0n) is 11.0. The van der Waals surface area contributed by atoms with Gasteiger partial charge in [0.15, 0.2) is 0 Å². The number of halogens is 1. The molecular formula is C13H17FN2O2S. The van der Waals surface area contributed by atoms with E-state index in [1.54, 1.807) is 13.0 Å². The molecule has 1 N–H and O–H groups in total. The molecule has 0 aliphatic rings. The highest BCUT2D eigenvalue weighted by atomic mass is 32.2. The van der Waals surface area contributed by atoms with Crippen LogP contribution in [-0.4, -0.2) is 14.5 Å². The first kappa shape index (κ1) is 15.6. The van der Waals surface area contributed by atoms with Gasteiger partial charge in [-0.25, -0.2) is 17.5 Å². The van der Waals surface area contributed by atoms with E-state index in [1.807, 2.05) is 6.92 Å². The van der Waals surface area contributed by atoms with Crippen molar-refractivity contribution in [1.82, 2.24) is 4.72 Å². The molecule has 1 aromatic carbocycles. The van der Waals surface area contributed by atoms with E-state index in [9.17, 15) is 12.8 Å². The van der Waals surface area contributed by atoms with Crippen LogP contribution in [0.15, 0.2) is 23.1 Å². The molecule has 6 heteroatoms. The van der Waals surface area contributed by atoms with E-state index in [0.29, 0.717) is 6.42 Å². The maximum Gasteiger partial charge on any atom is 0.242 e. The molecule has 104 valence electrons. The fraction of sp³-hybridized carbons (Fsp3) is 0.462. The lowest BCUT2D eigenvalue weighted by Gasteiger charge is -2.14. The number of nitrogens with one attached hydrogen (secondary N) is 1. The van der Waals surface area contributed by atoms with Crippen molar-refractivity contribution in [2.45, 2.75) is 44.0 Å². The minimum Gasteiger partial charge on any atom is -0.208 e. The van der Waals surface area contributed by atoms with Crippen molar-refractivity contribution in [2.75, 3.05) is 0 Å². The van der Waals surface area contributed by atoms with Gasteiger partial charge in [-0.15, -0.1) is 0 Å². The van der Waals surface area contributed by atoms with Crippen molar-refractivity contribution >= 4 is 10.0 Å². The van der Waals surface area contributed by atoms with E-state index < -0.39 is 21.4 Å². The Morgan fingerprint density at radius 3 is 2.74 bits per heavy atom. The van der Waals surface area contributed by atoms with Crippen molar-refractivity contribution in [2.24, 2.45) is 0 Å². The van der Waals surface area contributed by atoms with Gasteiger partial charge in [-0.1, -0.05) is 25.8 Å². The Balaban J connectivity index is 3.02. The highest BCUT2D eigenvalue weighted by Gasteiger charge is 2.22. The summed E-state index contributed by atoms with van der Waals surface area (Å²) in [6.07, 6.45) is 2.57. The van der Waals surface area contributed by atoms with Gasteiger partial charge in [-0.3, -0.25) is 0 Å². The molecule has 0 radical (unpaired) electrons. The lowest BCUT2D eigenvalue weighted by atomic mass is 10.2. The van der Waals surface area contributed by atoms with Gasteiger partial charge in [0.05, 0.1) is 0 Å². The fourth-order valence-corrected chi connectivity index (χ4v) is 3.18. The molecule has 4 nitrogen and oxygen atoms in total. The van der Waals surface area contributed by atoms with Crippen LogP contribution in [0.5, 0.6) is 0 Å². The third kappa shape index (κ3) is 4.01. The van der Waals surface area contributed by atoms with Crippen LogP contribution >= 0.6 is 0 Å². The van der Waals surface area contributed by atoms with Crippen molar-refractivity contribution < 1.29 is 12.8 Å². The molecule has 0 fully saturated rings. The monoisotopic (exact) mass is 284 g/mol. The van der Waals surface area contributed by atoms with E-state index >= 15 is 0 Å². The molecule has 0 aliphatic heterocycles. The van der Waals surface area contributed by atoms with E-state index in [0.717, 1.165) is 18.9 Å². The standard InChI is InChI=1S/C13H17FN2O2S/c1-3-4-6-10(2)16-19(17,18)13-8-5-7-12(14)11(13)9-15/h5,7-8,10,16H,3-4,6H2,1-2H3. The normalized spacial score (nSPS) is 12.9. The zero-order valence-corrected chi connectivity index (χ0v) is 11.8. The molecule has 19 heavy (non-hydrogen) atoms. The van der Waals surface area contributed by atoms with Gasteiger partial charge < -0.3 is 0 Å². The number of hydrogen-bond donors (Lipinski definition) is 1. The van der Waals surface area contributed by atoms with Crippen LogP contribution in [-0.2, 0) is 10.0 Å². The molecular weight excluding hydrogens is 267 g/mol. The van der Waals surface area contributed by atoms with E-state index in [2.05, 4.69) is 4.72 Å². The summed E-state index contributed by atoms with van der Waals surface area (Å²) in [6, 6.07) is 4.92. The molecule has 0 amide bonds. The Bertz CT molecular complexity index is 579. The summed E-state index contributed by atoms with van der Waals surface area (Å²) in [6.45, 7) is 3.76. The Kier molecular flexibility index (Phi) is 5.45. The average molecular weight is 284 g/mol. The van der Waals surface area contributed by atoms with Crippen molar-refractivity contribution in [1.29, 1.82) is 5.26 Å². The highest BCUT2D eigenvalue weighted by molar-refractivity contribution is 7.89. The third-order valence-electron chi connectivity index (χ3n) is 2.72. The smallest absolute Gasteiger partial charge is 0.208 e. The van der Waals surface area contributed by atoms with Crippen LogP contribution in [0.4, 0.5) is 4.39 Å². The Morgan fingerprint density at radius 2 is 2.16 bits per heavy atom. The molecule has 0 aliphatic carbocycles. The van der Waals surface area contributed by atoms with E-state index in [-0.39, 0.29) is 10.9 Å². The maximum atomic E-state index is 13.4. The fourth-order valence-electron chi connectivity index (χ4n) is 1.73. The van der Waals surface area contributed by atoms with Gasteiger partial charge in [-0.05, 0) is 25.5 Å². The second kappa shape index (κ2) is 6.64. The SMILES string of the molecule is CCCCC(C)NS(=O)(=O)c1cccc(F)c1C#N. The summed E-state index contributed by atoms with van der Waals surface area (Å²) in [5.74, 6) is -0.827. The summed E-state index contributed by atoms with van der Waals surface area (Å²) in [5.41, 5.74) is -0.447. The Labute approximate surface area is 113 Å². The average Bonchev–Trinajstić information content (AvgIpc) is 2.35. The summed E-state index contributed by atoms with van der Waals surface area (Å²) in [4.78, 5) is -0.307. The molecule has 1 aromatic rings. The van der Waals surface area contributed by atoms with Gasteiger partial charge in [0.1, 0.15) is 22.3 Å². The van der Waals surface area contributed by atoms with Crippen molar-refractivity contribution in [3.8, 4) is 6.07 Å². The van der Waals surface area contributed by atoms with E-state index in [4.69, 9.17) is 5.26 Å². The van der Waals surface area contributed by atoms with Crippen LogP contribution in [0.2, 0.25) is 0 Å². The third-order valence-corrected chi connectivity index (χ3v) is 4.36. The number of nitriles is 1. The molecule has 1 unspecified atom stereocenters. The Hall–Kier alpha value is -1.45. The topological polar surface area (TPSA) is 70.0 Å². The number of nitrogens with zero attached hydrogens (tertiary/aromatic N) is 1. The molecule has 0 saturated heterocycles. The second-order valence-corrected chi connectivity index (χ2v) is 6.07. The molecule has 0 aromatic heterocycles. The predicted molar refractivity (Wildman–Crippen MR) is 70.4 cm³/mol. The summed E-state index contributed by atoms with van der Waals surface area (Å²) in [5, 5.41) is 8.86. The lowest BCUT2D eigenvalue weighted by Crippen LogP contribution is -2.33. The first-order valence-electron chi connectivity index (χ1n) is 6.13. The first-order valence-corrected chi connectivity index (χ1v) is 7.61. The van der Waals surface area contributed by atoms with Gasteiger partial charge in [0.2, 0.25) is 10.0 Å². The quantitative estimate of drug-likeness (QED) is 0.872. The first-order chi connectivity index (χ1) is 8.92. The predicted octanol–water partition coefficient (Wildman–Crippen LogP) is 2.55. The summed E-state index contributed by atoms with van der Waals surface area (Å²) >= 11 is 0. The largest absolute Gasteiger partial charge is 0.242 e. The number of benzene rings is 1. The highest BCUT2D eigenvalue weighted by Crippen LogP contribution is 2.18. The van der Waals surface area contributed by atoms with Crippen LogP contribution in [0.3, 0.4) is 0 Å². The maximum absolute atomic E-state index is 13.4. The lowest BCUT2D eigenvalue weighted by molar-refractivity contribution is 0.532. The van der Waals surface area contributed by atoms with Crippen LogP contribution < -0.4 is 4.72 Å². The van der Waals surface area contributed by atoms with Crippen molar-refractivity contribution in [3.05, 3.63) is 29.6 Å². The number of rotatable bonds is 6. The number of hydrogen-bond acceptors (Lipinski definition) is 3. The number of sulfonamides is 1. The summed E-state index contributed by atoms with van der Waals surface area (Å²) < 4.78 is 40.1.